The highest BCUT2D eigenvalue weighted by atomic mass is 16.2. The van der Waals surface area contributed by atoms with E-state index < -0.39 is 0 Å². The molecule has 0 bridgehead atoms. The van der Waals surface area contributed by atoms with E-state index in [1.54, 1.807) is 4.90 Å². The minimum Gasteiger partial charge on any atom is -0.355 e. The molecule has 0 saturated carbocycles. The maximum Gasteiger partial charge on any atom is 0.239 e. The van der Waals surface area contributed by atoms with Crippen LogP contribution in [-0.2, 0) is 14.4 Å². The molecule has 2 fully saturated rings. The molecule has 88 valence electrons. The highest BCUT2D eigenvalue weighted by Crippen LogP contribution is 2.13. The Labute approximate surface area is 93.4 Å². The van der Waals surface area contributed by atoms with Crippen molar-refractivity contribution < 1.29 is 14.4 Å². The number of rotatable bonds is 1. The van der Waals surface area contributed by atoms with Crippen molar-refractivity contribution in [2.24, 2.45) is 5.92 Å². The topological polar surface area (TPSA) is 78.5 Å². The molecule has 0 spiro atoms. The molecule has 6 nitrogen and oxygen atoms in total. The van der Waals surface area contributed by atoms with Gasteiger partial charge in [-0.05, 0) is 6.42 Å². The van der Waals surface area contributed by atoms with Crippen LogP contribution in [0.2, 0.25) is 0 Å². The van der Waals surface area contributed by atoms with Gasteiger partial charge < -0.3 is 15.5 Å². The summed E-state index contributed by atoms with van der Waals surface area (Å²) >= 11 is 0. The van der Waals surface area contributed by atoms with Crippen molar-refractivity contribution in [2.75, 3.05) is 26.2 Å². The molecule has 16 heavy (non-hydrogen) atoms. The molecular formula is C10H15N3O3. The minimum absolute atomic E-state index is 0.0855. The molecule has 0 aromatic heterocycles. The molecule has 6 heteroatoms. The molecular weight excluding hydrogens is 210 g/mol. The van der Waals surface area contributed by atoms with Crippen molar-refractivity contribution >= 4 is 17.7 Å². The van der Waals surface area contributed by atoms with Crippen LogP contribution in [0.4, 0.5) is 0 Å². The third-order valence-electron chi connectivity index (χ3n) is 2.90. The van der Waals surface area contributed by atoms with E-state index in [0.29, 0.717) is 19.6 Å². The van der Waals surface area contributed by atoms with Gasteiger partial charge in [0.05, 0.1) is 12.5 Å². The zero-order valence-corrected chi connectivity index (χ0v) is 8.99. The van der Waals surface area contributed by atoms with Crippen LogP contribution in [-0.4, -0.2) is 48.8 Å². The van der Waals surface area contributed by atoms with Crippen molar-refractivity contribution in [1.82, 2.24) is 15.5 Å². The van der Waals surface area contributed by atoms with Crippen LogP contribution in [0.5, 0.6) is 0 Å². The molecule has 2 aliphatic heterocycles. The fraction of sp³-hybridized carbons (Fsp3) is 0.700. The summed E-state index contributed by atoms with van der Waals surface area (Å²) in [6, 6.07) is 0. The van der Waals surface area contributed by atoms with Gasteiger partial charge in [0.25, 0.3) is 0 Å². The van der Waals surface area contributed by atoms with E-state index in [4.69, 9.17) is 0 Å². The Hall–Kier alpha value is -1.59. The molecule has 2 rings (SSSR count). The largest absolute Gasteiger partial charge is 0.355 e. The normalized spacial score (nSPS) is 26.0. The van der Waals surface area contributed by atoms with Gasteiger partial charge >= 0.3 is 0 Å². The van der Waals surface area contributed by atoms with Gasteiger partial charge in [0.2, 0.25) is 17.7 Å². The molecule has 2 saturated heterocycles. The first-order valence-electron chi connectivity index (χ1n) is 5.49. The van der Waals surface area contributed by atoms with E-state index in [-0.39, 0.29) is 36.6 Å². The van der Waals surface area contributed by atoms with Crippen molar-refractivity contribution in [1.29, 1.82) is 0 Å². The lowest BCUT2D eigenvalue weighted by Gasteiger charge is -2.21. The number of carbonyl (C=O) groups is 3. The second-order valence-corrected chi connectivity index (χ2v) is 4.17. The van der Waals surface area contributed by atoms with Gasteiger partial charge in [-0.15, -0.1) is 0 Å². The van der Waals surface area contributed by atoms with Crippen LogP contribution in [0.25, 0.3) is 0 Å². The number of hydrogen-bond donors (Lipinski definition) is 2. The van der Waals surface area contributed by atoms with Crippen molar-refractivity contribution in [3.63, 3.8) is 0 Å². The van der Waals surface area contributed by atoms with E-state index in [0.717, 1.165) is 6.42 Å². The maximum atomic E-state index is 12.0. The van der Waals surface area contributed by atoms with E-state index in [9.17, 15) is 14.4 Å². The third kappa shape index (κ3) is 2.32. The lowest BCUT2D eigenvalue weighted by atomic mass is 10.1. The first-order chi connectivity index (χ1) is 7.66. The van der Waals surface area contributed by atoms with Crippen LogP contribution in [0.3, 0.4) is 0 Å². The van der Waals surface area contributed by atoms with Crippen LogP contribution in [0.15, 0.2) is 0 Å². The van der Waals surface area contributed by atoms with Gasteiger partial charge in [0.15, 0.2) is 0 Å². The standard InChI is InChI=1S/C10H15N3O3/c14-8-4-7(5-12-8)10(16)13-3-1-2-11-9(15)6-13/h7H,1-6H2,(H,11,15)(H,12,14). The lowest BCUT2D eigenvalue weighted by molar-refractivity contribution is -0.138. The number of nitrogens with zero attached hydrogens (tertiary/aromatic N) is 1. The zero-order valence-electron chi connectivity index (χ0n) is 8.99. The van der Waals surface area contributed by atoms with Crippen molar-refractivity contribution in [3.05, 3.63) is 0 Å². The molecule has 2 heterocycles. The average Bonchev–Trinajstić information content (AvgIpc) is 2.56. The quantitative estimate of drug-likeness (QED) is 0.568. The molecule has 2 aliphatic rings. The first-order valence-corrected chi connectivity index (χ1v) is 5.49. The molecule has 3 amide bonds. The second-order valence-electron chi connectivity index (χ2n) is 4.17. The van der Waals surface area contributed by atoms with Crippen LogP contribution >= 0.6 is 0 Å². The van der Waals surface area contributed by atoms with Gasteiger partial charge in [0.1, 0.15) is 0 Å². The highest BCUT2D eigenvalue weighted by Gasteiger charge is 2.32. The monoisotopic (exact) mass is 225 g/mol. The fourth-order valence-corrected chi connectivity index (χ4v) is 2.03. The Bertz CT molecular complexity index is 329. The smallest absolute Gasteiger partial charge is 0.239 e. The summed E-state index contributed by atoms with van der Waals surface area (Å²) in [5.41, 5.74) is 0. The highest BCUT2D eigenvalue weighted by molar-refractivity contribution is 5.91. The van der Waals surface area contributed by atoms with E-state index in [1.165, 1.54) is 0 Å². The lowest BCUT2D eigenvalue weighted by Crippen LogP contribution is -2.41. The Balaban J connectivity index is 1.97. The number of nitrogens with one attached hydrogen (secondary N) is 2. The maximum absolute atomic E-state index is 12.0. The second kappa shape index (κ2) is 4.51. The van der Waals surface area contributed by atoms with Crippen molar-refractivity contribution in [2.45, 2.75) is 12.8 Å². The van der Waals surface area contributed by atoms with E-state index in [2.05, 4.69) is 10.6 Å². The number of carbonyl (C=O) groups excluding carboxylic acids is 3. The minimum atomic E-state index is -0.293. The summed E-state index contributed by atoms with van der Waals surface area (Å²) in [6.45, 7) is 1.71. The molecule has 2 N–H and O–H groups in total. The van der Waals surface area contributed by atoms with Crippen LogP contribution in [0.1, 0.15) is 12.8 Å². The van der Waals surface area contributed by atoms with Crippen LogP contribution in [0, 0.1) is 5.92 Å². The van der Waals surface area contributed by atoms with Crippen LogP contribution < -0.4 is 10.6 Å². The average molecular weight is 225 g/mol. The zero-order chi connectivity index (χ0) is 11.5. The van der Waals surface area contributed by atoms with Gasteiger partial charge in [-0.25, -0.2) is 0 Å². The van der Waals surface area contributed by atoms with E-state index in [1.807, 2.05) is 0 Å². The summed E-state index contributed by atoms with van der Waals surface area (Å²) in [5, 5.41) is 5.34. The molecule has 0 aliphatic carbocycles. The van der Waals surface area contributed by atoms with Gasteiger partial charge in [-0.2, -0.15) is 0 Å². The molecule has 0 aromatic rings. The predicted octanol–water partition coefficient (Wildman–Crippen LogP) is -1.53. The molecule has 1 unspecified atom stereocenters. The summed E-state index contributed by atoms with van der Waals surface area (Å²) in [7, 11) is 0. The fourth-order valence-electron chi connectivity index (χ4n) is 2.03. The summed E-state index contributed by atoms with van der Waals surface area (Å²) < 4.78 is 0. The summed E-state index contributed by atoms with van der Waals surface area (Å²) in [4.78, 5) is 35.8. The number of hydrogen-bond acceptors (Lipinski definition) is 3. The molecule has 0 aromatic carbocycles. The number of amides is 3. The first kappa shape index (κ1) is 10.9. The molecule has 1 atom stereocenters. The van der Waals surface area contributed by atoms with Gasteiger partial charge in [0, 0.05) is 26.1 Å². The third-order valence-corrected chi connectivity index (χ3v) is 2.90. The Morgan fingerprint density at radius 1 is 1.25 bits per heavy atom. The van der Waals surface area contributed by atoms with E-state index >= 15 is 0 Å². The predicted molar refractivity (Wildman–Crippen MR) is 55.3 cm³/mol. The summed E-state index contributed by atoms with van der Waals surface area (Å²) in [6.07, 6.45) is 1.02. The van der Waals surface area contributed by atoms with Crippen molar-refractivity contribution in [3.8, 4) is 0 Å². The Morgan fingerprint density at radius 2 is 2.06 bits per heavy atom. The Kier molecular flexibility index (Phi) is 3.07. The Morgan fingerprint density at radius 3 is 2.75 bits per heavy atom. The van der Waals surface area contributed by atoms with Gasteiger partial charge in [-0.3, -0.25) is 14.4 Å². The molecule has 0 radical (unpaired) electrons. The van der Waals surface area contributed by atoms with Gasteiger partial charge in [-0.1, -0.05) is 0 Å². The SMILES string of the molecule is O=C1CC(C(=O)N2CCCNC(=O)C2)CN1. The summed E-state index contributed by atoms with van der Waals surface area (Å²) in [5.74, 6) is -0.588.